The van der Waals surface area contributed by atoms with E-state index in [9.17, 15) is 5.11 Å². The van der Waals surface area contributed by atoms with E-state index in [0.717, 1.165) is 30.9 Å². The van der Waals surface area contributed by atoms with Crippen LogP contribution in [-0.4, -0.2) is 17.8 Å². The lowest BCUT2D eigenvalue weighted by Gasteiger charge is -2.43. The second-order valence-corrected chi connectivity index (χ2v) is 7.05. The molecule has 1 aromatic carbocycles. The predicted molar refractivity (Wildman–Crippen MR) is 85.7 cm³/mol. The van der Waals surface area contributed by atoms with Gasteiger partial charge in [-0.3, -0.25) is 0 Å². The van der Waals surface area contributed by atoms with Crippen molar-refractivity contribution in [2.24, 2.45) is 11.8 Å². The number of rotatable bonds is 3. The van der Waals surface area contributed by atoms with Crippen molar-refractivity contribution >= 4 is 0 Å². The van der Waals surface area contributed by atoms with E-state index in [1.54, 1.807) is 7.11 Å². The summed E-state index contributed by atoms with van der Waals surface area (Å²) in [5.41, 5.74) is 2.19. The molecule has 2 heteroatoms. The maximum atomic E-state index is 11.3. The van der Waals surface area contributed by atoms with Gasteiger partial charge in [0.15, 0.2) is 0 Å². The maximum Gasteiger partial charge on any atom is 0.119 e. The van der Waals surface area contributed by atoms with Gasteiger partial charge in [-0.1, -0.05) is 32.3 Å². The van der Waals surface area contributed by atoms with Gasteiger partial charge in [-0.15, -0.1) is 0 Å². The largest absolute Gasteiger partial charge is 0.497 e. The minimum atomic E-state index is -0.493. The summed E-state index contributed by atoms with van der Waals surface area (Å²) < 4.78 is 5.35. The van der Waals surface area contributed by atoms with Gasteiger partial charge in [0.2, 0.25) is 0 Å². The van der Waals surface area contributed by atoms with Crippen LogP contribution in [0.3, 0.4) is 0 Å². The summed E-state index contributed by atoms with van der Waals surface area (Å²) in [6.07, 6.45) is 9.05. The van der Waals surface area contributed by atoms with E-state index < -0.39 is 5.60 Å². The molecule has 116 valence electrons. The third kappa shape index (κ3) is 2.96. The van der Waals surface area contributed by atoms with Crippen molar-refractivity contribution in [3.63, 3.8) is 0 Å². The molecule has 2 nitrogen and oxygen atoms in total. The molecular formula is C19H28O2. The Morgan fingerprint density at radius 1 is 1.29 bits per heavy atom. The summed E-state index contributed by atoms with van der Waals surface area (Å²) in [6, 6.07) is 6.33. The summed E-state index contributed by atoms with van der Waals surface area (Å²) in [7, 11) is 1.71. The van der Waals surface area contributed by atoms with Gasteiger partial charge < -0.3 is 9.84 Å². The predicted octanol–water partition coefficient (Wildman–Crippen LogP) is 4.13. The van der Waals surface area contributed by atoms with Gasteiger partial charge in [-0.2, -0.15) is 0 Å². The van der Waals surface area contributed by atoms with Crippen LogP contribution in [0, 0.1) is 11.8 Å². The number of aliphatic hydroxyl groups is 1. The molecule has 21 heavy (non-hydrogen) atoms. The smallest absolute Gasteiger partial charge is 0.119 e. The number of aryl methyl sites for hydroxylation is 1. The van der Waals surface area contributed by atoms with Crippen molar-refractivity contribution < 1.29 is 9.84 Å². The van der Waals surface area contributed by atoms with Gasteiger partial charge in [-0.25, -0.2) is 0 Å². The number of ether oxygens (including phenoxy) is 1. The lowest BCUT2D eigenvalue weighted by Crippen LogP contribution is -2.45. The molecule has 0 amide bonds. The zero-order chi connectivity index (χ0) is 14.9. The molecule has 0 aromatic heterocycles. The average Bonchev–Trinajstić information content (AvgIpc) is 2.54. The van der Waals surface area contributed by atoms with Gasteiger partial charge in [-0.05, 0) is 60.8 Å². The van der Waals surface area contributed by atoms with E-state index in [4.69, 9.17) is 4.74 Å². The third-order valence-corrected chi connectivity index (χ3v) is 5.86. The van der Waals surface area contributed by atoms with E-state index in [2.05, 4.69) is 19.1 Å². The second-order valence-electron chi connectivity index (χ2n) is 7.05. The van der Waals surface area contributed by atoms with Crippen LogP contribution in [0.2, 0.25) is 0 Å². The van der Waals surface area contributed by atoms with Crippen molar-refractivity contribution in [2.45, 2.75) is 63.9 Å². The lowest BCUT2D eigenvalue weighted by atomic mass is 9.66. The highest BCUT2D eigenvalue weighted by Crippen LogP contribution is 2.43. The fourth-order valence-corrected chi connectivity index (χ4v) is 4.41. The third-order valence-electron chi connectivity index (χ3n) is 5.86. The Kier molecular flexibility index (Phi) is 4.26. The monoisotopic (exact) mass is 288 g/mol. The molecular weight excluding hydrogens is 260 g/mol. The zero-order valence-electron chi connectivity index (χ0n) is 13.4. The number of hydrogen-bond acceptors (Lipinski definition) is 2. The Balaban J connectivity index is 1.79. The quantitative estimate of drug-likeness (QED) is 0.906. The first kappa shape index (κ1) is 14.9. The molecule has 0 radical (unpaired) electrons. The van der Waals surface area contributed by atoms with Gasteiger partial charge in [0, 0.05) is 6.42 Å². The Morgan fingerprint density at radius 2 is 2.14 bits per heavy atom. The second kappa shape index (κ2) is 6.00. The van der Waals surface area contributed by atoms with Crippen LogP contribution in [0.25, 0.3) is 0 Å². The first-order valence-corrected chi connectivity index (χ1v) is 8.53. The summed E-state index contributed by atoms with van der Waals surface area (Å²) in [4.78, 5) is 0. The van der Waals surface area contributed by atoms with Crippen molar-refractivity contribution in [1.82, 2.24) is 0 Å². The Bertz CT molecular complexity index is 496. The molecule has 1 saturated carbocycles. The summed E-state index contributed by atoms with van der Waals surface area (Å²) >= 11 is 0. The normalized spacial score (nSPS) is 32.5. The standard InChI is InChI=1S/C19H28O2/c1-3-14-5-4-6-17(11-14)19(20)10-9-15-7-8-18(21-2)12-16(15)13-19/h7-8,12,14,17,20H,3-6,9-11,13H2,1-2H3. The van der Waals surface area contributed by atoms with Crippen LogP contribution in [0.1, 0.15) is 56.6 Å². The molecule has 0 heterocycles. The zero-order valence-corrected chi connectivity index (χ0v) is 13.4. The Labute approximate surface area is 128 Å². The van der Waals surface area contributed by atoms with Gasteiger partial charge in [0.25, 0.3) is 0 Å². The SMILES string of the molecule is CCC1CCCC(C2(O)CCc3ccc(OC)cc3C2)C1. The number of benzene rings is 1. The molecule has 1 N–H and O–H groups in total. The van der Waals surface area contributed by atoms with Crippen molar-refractivity contribution in [2.75, 3.05) is 7.11 Å². The molecule has 3 atom stereocenters. The fraction of sp³-hybridized carbons (Fsp3) is 0.684. The molecule has 0 spiro atoms. The number of fused-ring (bicyclic) bond motifs is 1. The van der Waals surface area contributed by atoms with Crippen LogP contribution < -0.4 is 4.74 Å². The molecule has 2 aliphatic carbocycles. The van der Waals surface area contributed by atoms with Gasteiger partial charge in [0.1, 0.15) is 5.75 Å². The highest BCUT2D eigenvalue weighted by molar-refractivity contribution is 5.38. The first-order valence-electron chi connectivity index (χ1n) is 8.53. The van der Waals surface area contributed by atoms with Crippen LogP contribution in [0.15, 0.2) is 18.2 Å². The van der Waals surface area contributed by atoms with Crippen LogP contribution in [0.4, 0.5) is 0 Å². The average molecular weight is 288 g/mol. The van der Waals surface area contributed by atoms with Crippen LogP contribution in [0.5, 0.6) is 5.75 Å². The minimum Gasteiger partial charge on any atom is -0.497 e. The molecule has 2 aliphatic rings. The van der Waals surface area contributed by atoms with Crippen LogP contribution in [-0.2, 0) is 12.8 Å². The fourth-order valence-electron chi connectivity index (χ4n) is 4.41. The van der Waals surface area contributed by atoms with E-state index in [-0.39, 0.29) is 0 Å². The van der Waals surface area contributed by atoms with Crippen molar-refractivity contribution in [3.8, 4) is 5.75 Å². The molecule has 3 unspecified atom stereocenters. The van der Waals surface area contributed by atoms with Gasteiger partial charge in [0.05, 0.1) is 12.7 Å². The summed E-state index contributed by atoms with van der Waals surface area (Å²) in [5.74, 6) is 2.21. The van der Waals surface area contributed by atoms with Gasteiger partial charge >= 0.3 is 0 Å². The molecule has 1 aromatic rings. The number of methoxy groups -OCH3 is 1. The van der Waals surface area contributed by atoms with E-state index >= 15 is 0 Å². The Hall–Kier alpha value is -1.02. The van der Waals surface area contributed by atoms with Crippen LogP contribution >= 0.6 is 0 Å². The lowest BCUT2D eigenvalue weighted by molar-refractivity contribution is -0.0520. The number of hydrogen-bond donors (Lipinski definition) is 1. The van der Waals surface area contributed by atoms with E-state index in [1.165, 1.54) is 43.2 Å². The summed E-state index contributed by atoms with van der Waals surface area (Å²) in [6.45, 7) is 2.29. The molecule has 3 rings (SSSR count). The first-order chi connectivity index (χ1) is 10.1. The minimum absolute atomic E-state index is 0.482. The molecule has 0 aliphatic heterocycles. The molecule has 0 bridgehead atoms. The maximum absolute atomic E-state index is 11.3. The molecule has 1 fully saturated rings. The topological polar surface area (TPSA) is 29.5 Å². The Morgan fingerprint density at radius 3 is 2.90 bits per heavy atom. The highest BCUT2D eigenvalue weighted by Gasteiger charge is 2.41. The van der Waals surface area contributed by atoms with Crippen molar-refractivity contribution in [3.05, 3.63) is 29.3 Å². The van der Waals surface area contributed by atoms with E-state index in [0.29, 0.717) is 5.92 Å². The molecule has 0 saturated heterocycles. The van der Waals surface area contributed by atoms with E-state index in [1.807, 2.05) is 6.07 Å². The summed E-state index contributed by atoms with van der Waals surface area (Å²) in [5, 5.41) is 11.3. The highest BCUT2D eigenvalue weighted by atomic mass is 16.5. The van der Waals surface area contributed by atoms with Crippen molar-refractivity contribution in [1.29, 1.82) is 0 Å².